The number of carbonyl (C=O) groups is 1. The van der Waals surface area contributed by atoms with Gasteiger partial charge in [-0.1, -0.05) is 19.8 Å². The maximum absolute atomic E-state index is 11.2. The zero-order chi connectivity index (χ0) is 9.03. The number of ketones is 1. The van der Waals surface area contributed by atoms with Crippen LogP contribution < -0.4 is 0 Å². The number of rotatable bonds is 3. The summed E-state index contributed by atoms with van der Waals surface area (Å²) in [6.45, 7) is 6.38. The maximum atomic E-state index is 11.2. The van der Waals surface area contributed by atoms with Gasteiger partial charge in [-0.25, -0.2) is 0 Å². The van der Waals surface area contributed by atoms with Crippen LogP contribution in [0.3, 0.4) is 0 Å². The van der Waals surface area contributed by atoms with Crippen molar-refractivity contribution in [3.8, 4) is 0 Å². The standard InChI is InChI=1S/C11H19O/c1-3-4-7-11(2)8-5-6-10(12)9-11/h2-9H2,1H3. The third-order valence-electron chi connectivity index (χ3n) is 2.80. The fourth-order valence-electron chi connectivity index (χ4n) is 2.02. The number of carbonyl (C=O) groups excluding carboxylic acids is 1. The molecule has 1 heteroatoms. The van der Waals surface area contributed by atoms with E-state index in [1.165, 1.54) is 12.8 Å². The van der Waals surface area contributed by atoms with E-state index in [2.05, 4.69) is 13.8 Å². The molecule has 1 atom stereocenters. The van der Waals surface area contributed by atoms with Gasteiger partial charge in [0.2, 0.25) is 0 Å². The number of unbranched alkanes of at least 4 members (excludes halogenated alkanes) is 1. The molecule has 1 nitrogen and oxygen atoms in total. The molecule has 0 aromatic carbocycles. The molecule has 1 fully saturated rings. The van der Waals surface area contributed by atoms with Crippen molar-refractivity contribution < 1.29 is 4.79 Å². The van der Waals surface area contributed by atoms with Crippen molar-refractivity contribution in [1.82, 2.24) is 0 Å². The van der Waals surface area contributed by atoms with Gasteiger partial charge in [-0.05, 0) is 31.6 Å². The van der Waals surface area contributed by atoms with Crippen LogP contribution in [0.5, 0.6) is 0 Å². The molecule has 0 bridgehead atoms. The van der Waals surface area contributed by atoms with Gasteiger partial charge in [0.25, 0.3) is 0 Å². The Hall–Kier alpha value is -0.330. The van der Waals surface area contributed by atoms with E-state index in [0.29, 0.717) is 5.78 Å². The molecule has 69 valence electrons. The third-order valence-corrected chi connectivity index (χ3v) is 2.80. The SMILES string of the molecule is [CH2]C1(CCCC)CCCC(=O)C1. The molecule has 0 heterocycles. The van der Waals surface area contributed by atoms with E-state index in [1.54, 1.807) is 0 Å². The summed E-state index contributed by atoms with van der Waals surface area (Å²) in [5.74, 6) is 0.423. The number of Topliss-reactive ketones (excluding diaryl/α,β-unsaturated/α-hetero) is 1. The molecule has 0 spiro atoms. The minimum atomic E-state index is 0.103. The second-order valence-electron chi connectivity index (χ2n) is 4.17. The van der Waals surface area contributed by atoms with Gasteiger partial charge in [0, 0.05) is 12.8 Å². The summed E-state index contributed by atoms with van der Waals surface area (Å²) in [5, 5.41) is 0. The van der Waals surface area contributed by atoms with Crippen molar-refractivity contribution >= 4 is 5.78 Å². The molecular formula is C11H19O. The van der Waals surface area contributed by atoms with Gasteiger partial charge < -0.3 is 0 Å². The molecule has 0 aliphatic heterocycles. The van der Waals surface area contributed by atoms with Crippen LogP contribution in [0.4, 0.5) is 0 Å². The zero-order valence-electron chi connectivity index (χ0n) is 8.07. The highest BCUT2D eigenvalue weighted by Crippen LogP contribution is 2.37. The van der Waals surface area contributed by atoms with E-state index in [0.717, 1.165) is 32.1 Å². The van der Waals surface area contributed by atoms with Crippen LogP contribution >= 0.6 is 0 Å². The fourth-order valence-corrected chi connectivity index (χ4v) is 2.02. The number of hydrogen-bond acceptors (Lipinski definition) is 1. The molecule has 1 saturated carbocycles. The average molecular weight is 167 g/mol. The third kappa shape index (κ3) is 2.62. The molecule has 12 heavy (non-hydrogen) atoms. The Morgan fingerprint density at radius 1 is 1.58 bits per heavy atom. The summed E-state index contributed by atoms with van der Waals surface area (Å²) >= 11 is 0. The molecule has 1 aliphatic carbocycles. The van der Waals surface area contributed by atoms with Crippen molar-refractivity contribution in [1.29, 1.82) is 0 Å². The molecular weight excluding hydrogens is 148 g/mol. The van der Waals surface area contributed by atoms with Gasteiger partial charge in [0.1, 0.15) is 5.78 Å². The molecule has 0 amide bonds. The first kappa shape index (κ1) is 9.76. The molecule has 1 radical (unpaired) electrons. The quantitative estimate of drug-likeness (QED) is 0.631. The lowest BCUT2D eigenvalue weighted by molar-refractivity contribution is -0.122. The van der Waals surface area contributed by atoms with E-state index in [4.69, 9.17) is 0 Å². The Balaban J connectivity index is 2.40. The normalized spacial score (nSPS) is 30.7. The Labute approximate surface area is 75.5 Å². The van der Waals surface area contributed by atoms with E-state index in [1.807, 2.05) is 0 Å². The lowest BCUT2D eigenvalue weighted by Gasteiger charge is -2.32. The van der Waals surface area contributed by atoms with Crippen LogP contribution in [0.15, 0.2) is 0 Å². The van der Waals surface area contributed by atoms with Crippen LogP contribution in [0.1, 0.15) is 51.9 Å². The van der Waals surface area contributed by atoms with Gasteiger partial charge in [0.15, 0.2) is 0 Å². The molecule has 1 unspecified atom stereocenters. The Kier molecular flexibility index (Phi) is 3.30. The van der Waals surface area contributed by atoms with Crippen molar-refractivity contribution in [2.24, 2.45) is 5.41 Å². The van der Waals surface area contributed by atoms with Crippen LogP contribution in [0, 0.1) is 12.3 Å². The lowest BCUT2D eigenvalue weighted by atomic mass is 9.72. The van der Waals surface area contributed by atoms with Crippen molar-refractivity contribution in [3.05, 3.63) is 6.92 Å². The van der Waals surface area contributed by atoms with Crippen LogP contribution in [0.2, 0.25) is 0 Å². The zero-order valence-corrected chi connectivity index (χ0v) is 8.07. The van der Waals surface area contributed by atoms with Gasteiger partial charge in [0.05, 0.1) is 0 Å². The van der Waals surface area contributed by atoms with Crippen molar-refractivity contribution in [3.63, 3.8) is 0 Å². The highest BCUT2D eigenvalue weighted by atomic mass is 16.1. The second kappa shape index (κ2) is 4.06. The first-order valence-corrected chi connectivity index (χ1v) is 5.03. The Bertz CT molecular complexity index is 162. The molecule has 0 N–H and O–H groups in total. The summed E-state index contributed by atoms with van der Waals surface area (Å²) in [6.07, 6.45) is 7.30. The van der Waals surface area contributed by atoms with E-state index in [-0.39, 0.29) is 5.41 Å². The van der Waals surface area contributed by atoms with E-state index >= 15 is 0 Å². The second-order valence-corrected chi connectivity index (χ2v) is 4.17. The largest absolute Gasteiger partial charge is 0.300 e. The summed E-state index contributed by atoms with van der Waals surface area (Å²) in [5.41, 5.74) is 0.103. The summed E-state index contributed by atoms with van der Waals surface area (Å²) < 4.78 is 0. The molecule has 0 aromatic heterocycles. The van der Waals surface area contributed by atoms with Crippen LogP contribution in [0.25, 0.3) is 0 Å². The predicted molar refractivity (Wildman–Crippen MR) is 50.8 cm³/mol. The maximum Gasteiger partial charge on any atom is 0.133 e. The number of hydrogen-bond donors (Lipinski definition) is 0. The molecule has 0 aromatic rings. The topological polar surface area (TPSA) is 17.1 Å². The van der Waals surface area contributed by atoms with Crippen molar-refractivity contribution in [2.45, 2.75) is 51.9 Å². The van der Waals surface area contributed by atoms with E-state index in [9.17, 15) is 4.79 Å². The Morgan fingerprint density at radius 2 is 2.33 bits per heavy atom. The summed E-state index contributed by atoms with van der Waals surface area (Å²) in [4.78, 5) is 11.2. The highest BCUT2D eigenvalue weighted by molar-refractivity contribution is 5.80. The first-order chi connectivity index (χ1) is 5.66. The Morgan fingerprint density at radius 3 is 2.92 bits per heavy atom. The first-order valence-electron chi connectivity index (χ1n) is 5.03. The van der Waals surface area contributed by atoms with E-state index < -0.39 is 0 Å². The molecule has 1 rings (SSSR count). The summed E-state index contributed by atoms with van der Waals surface area (Å²) in [6, 6.07) is 0. The van der Waals surface area contributed by atoms with Gasteiger partial charge >= 0.3 is 0 Å². The predicted octanol–water partition coefficient (Wildman–Crippen LogP) is 3.14. The minimum Gasteiger partial charge on any atom is -0.300 e. The monoisotopic (exact) mass is 167 g/mol. The fraction of sp³-hybridized carbons (Fsp3) is 0.818. The van der Waals surface area contributed by atoms with Gasteiger partial charge in [-0.15, -0.1) is 0 Å². The van der Waals surface area contributed by atoms with Crippen LogP contribution in [-0.4, -0.2) is 5.78 Å². The summed E-state index contributed by atoms with van der Waals surface area (Å²) in [7, 11) is 0. The van der Waals surface area contributed by atoms with Crippen LogP contribution in [-0.2, 0) is 4.79 Å². The van der Waals surface area contributed by atoms with Gasteiger partial charge in [-0.2, -0.15) is 0 Å². The average Bonchev–Trinajstić information content (AvgIpc) is 2.01. The molecule has 1 aliphatic rings. The van der Waals surface area contributed by atoms with Gasteiger partial charge in [-0.3, -0.25) is 4.79 Å². The lowest BCUT2D eigenvalue weighted by Crippen LogP contribution is -2.25. The molecule has 0 saturated heterocycles. The highest BCUT2D eigenvalue weighted by Gasteiger charge is 2.30. The minimum absolute atomic E-state index is 0.103. The smallest absolute Gasteiger partial charge is 0.133 e. The van der Waals surface area contributed by atoms with Crippen molar-refractivity contribution in [2.75, 3.05) is 0 Å².